The molecule has 0 bridgehead atoms. The van der Waals surface area contributed by atoms with Crippen molar-refractivity contribution in [3.05, 3.63) is 23.8 Å². The van der Waals surface area contributed by atoms with Gasteiger partial charge < -0.3 is 19.7 Å². The lowest BCUT2D eigenvalue weighted by molar-refractivity contribution is 0.225. The van der Waals surface area contributed by atoms with Crippen molar-refractivity contribution in [1.82, 2.24) is 10.2 Å². The van der Waals surface area contributed by atoms with Gasteiger partial charge in [0, 0.05) is 18.6 Å². The first-order valence-corrected chi connectivity index (χ1v) is 7.72. The Bertz CT molecular complexity index is 423. The summed E-state index contributed by atoms with van der Waals surface area (Å²) < 4.78 is 10.7. The maximum atomic E-state index is 5.41. The van der Waals surface area contributed by atoms with Crippen molar-refractivity contribution >= 4 is 0 Å². The van der Waals surface area contributed by atoms with Gasteiger partial charge in [-0.15, -0.1) is 0 Å². The summed E-state index contributed by atoms with van der Waals surface area (Å²) in [6.07, 6.45) is 1.15. The van der Waals surface area contributed by atoms with E-state index in [9.17, 15) is 0 Å². The van der Waals surface area contributed by atoms with Gasteiger partial charge in [-0.2, -0.15) is 0 Å². The minimum Gasteiger partial charge on any atom is -0.493 e. The van der Waals surface area contributed by atoms with E-state index in [0.29, 0.717) is 6.04 Å². The van der Waals surface area contributed by atoms with Gasteiger partial charge >= 0.3 is 0 Å². The van der Waals surface area contributed by atoms with Crippen LogP contribution in [0.2, 0.25) is 0 Å². The molecule has 0 aliphatic heterocycles. The molecular weight excluding hydrogens is 264 g/mol. The van der Waals surface area contributed by atoms with Crippen LogP contribution in [0.25, 0.3) is 0 Å². The molecule has 2 atom stereocenters. The summed E-state index contributed by atoms with van der Waals surface area (Å²) in [4.78, 5) is 2.39. The van der Waals surface area contributed by atoms with E-state index in [2.05, 4.69) is 50.2 Å². The summed E-state index contributed by atoms with van der Waals surface area (Å²) in [5.74, 6) is 1.55. The lowest BCUT2D eigenvalue weighted by Gasteiger charge is -2.29. The zero-order chi connectivity index (χ0) is 15.8. The van der Waals surface area contributed by atoms with Crippen molar-refractivity contribution in [1.29, 1.82) is 0 Å². The Balaban J connectivity index is 2.94. The second-order valence-corrected chi connectivity index (χ2v) is 5.42. The SMILES string of the molecule is CCNC(CN(C)C(C)CC)c1ccc(OC)c(OC)c1. The molecule has 1 rings (SSSR count). The average molecular weight is 294 g/mol. The van der Waals surface area contributed by atoms with Crippen LogP contribution in [0.1, 0.15) is 38.8 Å². The molecule has 0 heterocycles. The van der Waals surface area contributed by atoms with E-state index in [1.54, 1.807) is 14.2 Å². The van der Waals surface area contributed by atoms with Crippen molar-refractivity contribution in [2.45, 2.75) is 39.3 Å². The average Bonchev–Trinajstić information content (AvgIpc) is 2.52. The number of rotatable bonds is 9. The number of likely N-dealkylation sites (N-methyl/N-ethyl adjacent to an activating group) is 2. The van der Waals surface area contributed by atoms with Crippen LogP contribution in [0.5, 0.6) is 11.5 Å². The number of methoxy groups -OCH3 is 2. The third-order valence-corrected chi connectivity index (χ3v) is 4.07. The number of hydrogen-bond acceptors (Lipinski definition) is 4. The lowest BCUT2D eigenvalue weighted by Crippen LogP contribution is -2.37. The van der Waals surface area contributed by atoms with Crippen LogP contribution in [0, 0.1) is 0 Å². The molecule has 120 valence electrons. The Hall–Kier alpha value is -1.26. The molecule has 4 nitrogen and oxygen atoms in total. The van der Waals surface area contributed by atoms with E-state index < -0.39 is 0 Å². The first kappa shape index (κ1) is 17.8. The van der Waals surface area contributed by atoms with Crippen LogP contribution < -0.4 is 14.8 Å². The fourth-order valence-electron chi connectivity index (χ4n) is 2.38. The molecule has 0 aliphatic rings. The van der Waals surface area contributed by atoms with Crippen LogP contribution in [0.3, 0.4) is 0 Å². The van der Waals surface area contributed by atoms with Crippen LogP contribution in [-0.4, -0.2) is 45.3 Å². The molecule has 0 radical (unpaired) electrons. The number of benzene rings is 1. The third-order valence-electron chi connectivity index (χ3n) is 4.07. The molecule has 21 heavy (non-hydrogen) atoms. The standard InChI is InChI=1S/C17H30N2O2/c1-7-13(3)19(4)12-15(18-8-2)14-9-10-16(20-5)17(11-14)21-6/h9-11,13,15,18H,7-8,12H2,1-6H3. The Labute approximate surface area is 129 Å². The molecule has 0 spiro atoms. The molecule has 0 saturated heterocycles. The molecule has 0 amide bonds. The largest absolute Gasteiger partial charge is 0.493 e. The molecule has 0 saturated carbocycles. The summed E-state index contributed by atoms with van der Waals surface area (Å²) >= 11 is 0. The molecule has 0 fully saturated rings. The highest BCUT2D eigenvalue weighted by atomic mass is 16.5. The highest BCUT2D eigenvalue weighted by Gasteiger charge is 2.17. The van der Waals surface area contributed by atoms with Gasteiger partial charge in [0.25, 0.3) is 0 Å². The number of hydrogen-bond donors (Lipinski definition) is 1. The van der Waals surface area contributed by atoms with Crippen molar-refractivity contribution < 1.29 is 9.47 Å². The second kappa shape index (κ2) is 8.90. The minimum atomic E-state index is 0.286. The van der Waals surface area contributed by atoms with Gasteiger partial charge in [0.1, 0.15) is 0 Å². The Kier molecular flexibility index (Phi) is 7.54. The van der Waals surface area contributed by atoms with Gasteiger partial charge in [0.15, 0.2) is 11.5 Å². The summed E-state index contributed by atoms with van der Waals surface area (Å²) in [5, 5.41) is 3.56. The van der Waals surface area contributed by atoms with Crippen molar-refractivity contribution in [2.24, 2.45) is 0 Å². The molecule has 1 aromatic rings. The smallest absolute Gasteiger partial charge is 0.161 e. The van der Waals surface area contributed by atoms with Crippen molar-refractivity contribution in [2.75, 3.05) is 34.4 Å². The van der Waals surface area contributed by atoms with E-state index in [4.69, 9.17) is 9.47 Å². The van der Waals surface area contributed by atoms with Crippen LogP contribution >= 0.6 is 0 Å². The van der Waals surface area contributed by atoms with Gasteiger partial charge in [0.2, 0.25) is 0 Å². The van der Waals surface area contributed by atoms with Gasteiger partial charge in [0.05, 0.1) is 14.2 Å². The predicted octanol–water partition coefficient (Wildman–Crippen LogP) is 3.08. The van der Waals surface area contributed by atoms with Gasteiger partial charge in [-0.05, 0) is 44.6 Å². The maximum absolute atomic E-state index is 5.41. The van der Waals surface area contributed by atoms with E-state index in [1.807, 2.05) is 6.07 Å². The Morgan fingerprint density at radius 3 is 2.33 bits per heavy atom. The molecule has 1 N–H and O–H groups in total. The monoisotopic (exact) mass is 294 g/mol. The Morgan fingerprint density at radius 1 is 1.14 bits per heavy atom. The summed E-state index contributed by atoms with van der Waals surface area (Å²) in [6, 6.07) is 7.01. The number of nitrogens with one attached hydrogen (secondary N) is 1. The molecule has 2 unspecified atom stereocenters. The van der Waals surface area contributed by atoms with E-state index >= 15 is 0 Å². The van der Waals surface area contributed by atoms with E-state index in [1.165, 1.54) is 5.56 Å². The predicted molar refractivity (Wildman–Crippen MR) is 88.3 cm³/mol. The Morgan fingerprint density at radius 2 is 1.81 bits per heavy atom. The molecule has 0 aliphatic carbocycles. The number of nitrogens with zero attached hydrogens (tertiary/aromatic N) is 1. The van der Waals surface area contributed by atoms with E-state index in [0.717, 1.165) is 31.0 Å². The summed E-state index contributed by atoms with van der Waals surface area (Å²) in [5.41, 5.74) is 1.23. The zero-order valence-corrected chi connectivity index (χ0v) is 14.3. The minimum absolute atomic E-state index is 0.286. The van der Waals surface area contributed by atoms with Crippen molar-refractivity contribution in [3.63, 3.8) is 0 Å². The topological polar surface area (TPSA) is 33.7 Å². The van der Waals surface area contributed by atoms with Gasteiger partial charge in [-0.3, -0.25) is 0 Å². The molecule has 1 aromatic carbocycles. The highest BCUT2D eigenvalue weighted by Crippen LogP contribution is 2.30. The quantitative estimate of drug-likeness (QED) is 0.759. The van der Waals surface area contributed by atoms with Crippen LogP contribution in [-0.2, 0) is 0 Å². The molecule has 4 heteroatoms. The first-order valence-electron chi connectivity index (χ1n) is 7.72. The normalized spacial score (nSPS) is 14.0. The zero-order valence-electron chi connectivity index (χ0n) is 14.3. The first-order chi connectivity index (χ1) is 10.1. The fourth-order valence-corrected chi connectivity index (χ4v) is 2.38. The van der Waals surface area contributed by atoms with Gasteiger partial charge in [-0.25, -0.2) is 0 Å². The van der Waals surface area contributed by atoms with Gasteiger partial charge in [-0.1, -0.05) is 19.9 Å². The van der Waals surface area contributed by atoms with Crippen molar-refractivity contribution in [3.8, 4) is 11.5 Å². The second-order valence-electron chi connectivity index (χ2n) is 5.42. The number of ether oxygens (including phenoxy) is 2. The maximum Gasteiger partial charge on any atom is 0.161 e. The summed E-state index contributed by atoms with van der Waals surface area (Å²) in [6.45, 7) is 8.53. The molecular formula is C17H30N2O2. The van der Waals surface area contributed by atoms with Crippen LogP contribution in [0.4, 0.5) is 0 Å². The highest BCUT2D eigenvalue weighted by molar-refractivity contribution is 5.43. The van der Waals surface area contributed by atoms with E-state index in [-0.39, 0.29) is 6.04 Å². The van der Waals surface area contributed by atoms with Crippen LogP contribution in [0.15, 0.2) is 18.2 Å². The summed E-state index contributed by atoms with van der Waals surface area (Å²) in [7, 11) is 5.52. The fraction of sp³-hybridized carbons (Fsp3) is 0.647. The molecule has 0 aromatic heterocycles. The lowest BCUT2D eigenvalue weighted by atomic mass is 10.0. The third kappa shape index (κ3) is 4.90.